The van der Waals surface area contributed by atoms with E-state index in [4.69, 9.17) is 18.9 Å². The zero-order valence-electron chi connectivity index (χ0n) is 19.0. The lowest BCUT2D eigenvalue weighted by Crippen LogP contribution is -2.40. The number of nitrogens with one attached hydrogen (secondary N) is 1. The number of hydrogen-bond donors (Lipinski definition) is 1. The number of ether oxygens (including phenoxy) is 4. The summed E-state index contributed by atoms with van der Waals surface area (Å²) in [6, 6.07) is 10.0. The van der Waals surface area contributed by atoms with Gasteiger partial charge in [0.05, 0.1) is 39.9 Å². The van der Waals surface area contributed by atoms with Crippen molar-refractivity contribution in [2.24, 2.45) is 0 Å². The molecular formula is C22H30N2O7S. The highest BCUT2D eigenvalue weighted by atomic mass is 32.2. The van der Waals surface area contributed by atoms with Crippen LogP contribution in [0.5, 0.6) is 23.0 Å². The van der Waals surface area contributed by atoms with Crippen molar-refractivity contribution in [1.82, 2.24) is 5.32 Å². The van der Waals surface area contributed by atoms with Crippen LogP contribution in [0.25, 0.3) is 0 Å². The Morgan fingerprint density at radius 1 is 1.00 bits per heavy atom. The highest BCUT2D eigenvalue weighted by molar-refractivity contribution is 7.92. The summed E-state index contributed by atoms with van der Waals surface area (Å²) in [7, 11) is 0.827. The van der Waals surface area contributed by atoms with Crippen LogP contribution in [0.3, 0.4) is 0 Å². The number of carbonyl (C=O) groups excluding carboxylic acids is 1. The van der Waals surface area contributed by atoms with E-state index in [-0.39, 0.29) is 13.1 Å². The van der Waals surface area contributed by atoms with Crippen LogP contribution < -0.4 is 28.6 Å². The number of rotatable bonds is 12. The normalized spacial score (nSPS) is 10.9. The smallest absolute Gasteiger partial charge is 0.241 e. The fourth-order valence-electron chi connectivity index (χ4n) is 2.95. The quantitative estimate of drug-likeness (QED) is 0.513. The maximum Gasteiger partial charge on any atom is 0.241 e. The first-order chi connectivity index (χ1) is 15.2. The van der Waals surface area contributed by atoms with E-state index in [0.29, 0.717) is 40.9 Å². The van der Waals surface area contributed by atoms with Gasteiger partial charge in [0.1, 0.15) is 12.3 Å². The Labute approximate surface area is 189 Å². The lowest BCUT2D eigenvalue weighted by Gasteiger charge is -2.22. The maximum atomic E-state index is 12.6. The summed E-state index contributed by atoms with van der Waals surface area (Å²) in [5.74, 6) is 1.53. The molecular weight excluding hydrogens is 436 g/mol. The summed E-state index contributed by atoms with van der Waals surface area (Å²) in [6.07, 6.45) is 1.92. The van der Waals surface area contributed by atoms with E-state index in [1.165, 1.54) is 21.3 Å². The third-order valence-corrected chi connectivity index (χ3v) is 5.64. The van der Waals surface area contributed by atoms with Gasteiger partial charge in [0.25, 0.3) is 0 Å². The van der Waals surface area contributed by atoms with Crippen LogP contribution in [-0.2, 0) is 21.4 Å². The van der Waals surface area contributed by atoms with Gasteiger partial charge in [0, 0.05) is 6.54 Å². The highest BCUT2D eigenvalue weighted by Gasteiger charge is 2.21. The van der Waals surface area contributed by atoms with Crippen LogP contribution in [-0.4, -0.2) is 55.1 Å². The van der Waals surface area contributed by atoms with Crippen molar-refractivity contribution in [3.63, 3.8) is 0 Å². The minimum atomic E-state index is -3.68. The highest BCUT2D eigenvalue weighted by Crippen LogP contribution is 2.38. The summed E-state index contributed by atoms with van der Waals surface area (Å²) >= 11 is 0. The average molecular weight is 467 g/mol. The van der Waals surface area contributed by atoms with Gasteiger partial charge in [-0.15, -0.1) is 0 Å². The first-order valence-corrected chi connectivity index (χ1v) is 11.8. The Hall–Kier alpha value is -3.14. The SMILES string of the molecule is CCCOc1ccc(N(CC(=O)NCc2cc(OC)c(OC)c(OC)c2)S(C)(=O)=O)cc1. The molecule has 2 aromatic carbocycles. The van der Waals surface area contributed by atoms with Crippen LogP contribution in [0.1, 0.15) is 18.9 Å². The molecule has 0 aliphatic carbocycles. The summed E-state index contributed by atoms with van der Waals surface area (Å²) in [5.41, 5.74) is 1.08. The fourth-order valence-corrected chi connectivity index (χ4v) is 3.81. The second-order valence-electron chi connectivity index (χ2n) is 6.92. The van der Waals surface area contributed by atoms with Gasteiger partial charge >= 0.3 is 0 Å². The molecule has 0 saturated carbocycles. The first kappa shape index (κ1) is 25.1. The van der Waals surface area contributed by atoms with Gasteiger partial charge in [-0.25, -0.2) is 8.42 Å². The molecule has 0 aliphatic rings. The number of nitrogens with zero attached hydrogens (tertiary/aromatic N) is 1. The van der Waals surface area contributed by atoms with Crippen molar-refractivity contribution < 1.29 is 32.2 Å². The number of anilines is 1. The van der Waals surface area contributed by atoms with Crippen molar-refractivity contribution in [3.8, 4) is 23.0 Å². The second-order valence-corrected chi connectivity index (χ2v) is 8.83. The van der Waals surface area contributed by atoms with E-state index in [9.17, 15) is 13.2 Å². The molecule has 0 radical (unpaired) electrons. The summed E-state index contributed by atoms with van der Waals surface area (Å²) in [6.45, 7) is 2.35. The zero-order chi connectivity index (χ0) is 23.7. The molecule has 32 heavy (non-hydrogen) atoms. The van der Waals surface area contributed by atoms with Gasteiger partial charge in [-0.2, -0.15) is 0 Å². The molecule has 0 aromatic heterocycles. The minimum absolute atomic E-state index is 0.150. The molecule has 1 amide bonds. The second kappa shape index (κ2) is 11.5. The number of methoxy groups -OCH3 is 3. The molecule has 0 unspecified atom stereocenters. The van der Waals surface area contributed by atoms with Gasteiger partial charge in [-0.05, 0) is 48.4 Å². The molecule has 10 heteroatoms. The van der Waals surface area contributed by atoms with Crippen LogP contribution >= 0.6 is 0 Å². The first-order valence-electron chi connectivity index (χ1n) is 9.99. The number of hydrogen-bond acceptors (Lipinski definition) is 7. The van der Waals surface area contributed by atoms with E-state index < -0.39 is 15.9 Å². The molecule has 0 spiro atoms. The lowest BCUT2D eigenvalue weighted by atomic mass is 10.1. The van der Waals surface area contributed by atoms with Gasteiger partial charge in [-0.3, -0.25) is 9.10 Å². The van der Waals surface area contributed by atoms with Crippen LogP contribution in [0.2, 0.25) is 0 Å². The third kappa shape index (κ3) is 6.68. The molecule has 0 aliphatic heterocycles. The molecule has 176 valence electrons. The molecule has 0 saturated heterocycles. The molecule has 0 atom stereocenters. The lowest BCUT2D eigenvalue weighted by molar-refractivity contribution is -0.119. The van der Waals surface area contributed by atoms with Crippen LogP contribution in [0, 0.1) is 0 Å². The monoisotopic (exact) mass is 466 g/mol. The van der Waals surface area contributed by atoms with E-state index in [0.717, 1.165) is 17.0 Å². The van der Waals surface area contributed by atoms with E-state index in [2.05, 4.69) is 5.32 Å². The molecule has 9 nitrogen and oxygen atoms in total. The van der Waals surface area contributed by atoms with Gasteiger partial charge < -0.3 is 24.3 Å². The van der Waals surface area contributed by atoms with Crippen molar-refractivity contribution in [1.29, 1.82) is 0 Å². The van der Waals surface area contributed by atoms with Crippen molar-refractivity contribution >= 4 is 21.6 Å². The van der Waals surface area contributed by atoms with E-state index in [1.807, 2.05) is 6.92 Å². The molecule has 1 N–H and O–H groups in total. The average Bonchev–Trinajstić information content (AvgIpc) is 2.78. The van der Waals surface area contributed by atoms with Crippen LogP contribution in [0.4, 0.5) is 5.69 Å². The Kier molecular flexibility index (Phi) is 9.01. The number of benzene rings is 2. The molecule has 0 heterocycles. The maximum absolute atomic E-state index is 12.6. The predicted molar refractivity (Wildman–Crippen MR) is 122 cm³/mol. The van der Waals surface area contributed by atoms with Crippen molar-refractivity contribution in [2.45, 2.75) is 19.9 Å². The van der Waals surface area contributed by atoms with Crippen LogP contribution in [0.15, 0.2) is 36.4 Å². The number of amides is 1. The summed E-state index contributed by atoms with van der Waals surface area (Å²) < 4.78 is 47.1. The Morgan fingerprint density at radius 2 is 1.59 bits per heavy atom. The van der Waals surface area contributed by atoms with Crippen molar-refractivity contribution in [2.75, 3.05) is 45.0 Å². The zero-order valence-corrected chi connectivity index (χ0v) is 19.8. The number of carbonyl (C=O) groups is 1. The summed E-state index contributed by atoms with van der Waals surface area (Å²) in [4.78, 5) is 12.6. The fraction of sp³-hybridized carbons (Fsp3) is 0.409. The topological polar surface area (TPSA) is 103 Å². The largest absolute Gasteiger partial charge is 0.494 e. The number of sulfonamides is 1. The predicted octanol–water partition coefficient (Wildman–Crippen LogP) is 2.58. The molecule has 0 bridgehead atoms. The Morgan fingerprint density at radius 3 is 2.06 bits per heavy atom. The van der Waals surface area contributed by atoms with Gasteiger partial charge in [-0.1, -0.05) is 6.92 Å². The van der Waals surface area contributed by atoms with E-state index in [1.54, 1.807) is 36.4 Å². The molecule has 2 aromatic rings. The summed E-state index contributed by atoms with van der Waals surface area (Å²) in [5, 5.41) is 2.73. The van der Waals surface area contributed by atoms with Crippen molar-refractivity contribution in [3.05, 3.63) is 42.0 Å². The third-order valence-electron chi connectivity index (χ3n) is 4.50. The minimum Gasteiger partial charge on any atom is -0.494 e. The van der Waals surface area contributed by atoms with E-state index >= 15 is 0 Å². The molecule has 0 fully saturated rings. The molecule has 2 rings (SSSR count). The van der Waals surface area contributed by atoms with Gasteiger partial charge in [0.2, 0.25) is 21.7 Å². The standard InChI is InChI=1S/C22H30N2O7S/c1-6-11-31-18-9-7-17(8-10-18)24(32(5,26)27)15-21(25)23-14-16-12-19(28-2)22(30-4)20(13-16)29-3/h7-10,12-13H,6,11,14-15H2,1-5H3,(H,23,25). The van der Waals surface area contributed by atoms with Gasteiger partial charge in [0.15, 0.2) is 11.5 Å². The Bertz CT molecular complexity index is 982. The Balaban J connectivity index is 2.12.